The standard InChI is InChI=1S/C19H24N4/c1-20-19(21-8-11-23-9-4-5-10-23)22-13-17-16-12-14-6-2-3-7-15(14)18(16)17/h2-7,9-10,16-18H,8,11-13H2,1H3,(H2,20,21,22). The zero-order valence-corrected chi connectivity index (χ0v) is 13.6. The maximum Gasteiger partial charge on any atom is 0.191 e. The Bertz CT molecular complexity index is 689. The van der Waals surface area contributed by atoms with Crippen LogP contribution in [0.25, 0.3) is 0 Å². The zero-order valence-electron chi connectivity index (χ0n) is 13.6. The molecule has 3 atom stereocenters. The minimum Gasteiger partial charge on any atom is -0.356 e. The van der Waals surface area contributed by atoms with Crippen molar-refractivity contribution in [2.45, 2.75) is 18.9 Å². The number of hydrogen-bond donors (Lipinski definition) is 2. The minimum atomic E-state index is 0.771. The number of benzene rings is 1. The van der Waals surface area contributed by atoms with E-state index in [2.05, 4.69) is 69.0 Å². The van der Waals surface area contributed by atoms with Crippen LogP contribution in [0.2, 0.25) is 0 Å². The van der Waals surface area contributed by atoms with Gasteiger partial charge in [0.1, 0.15) is 0 Å². The lowest BCUT2D eigenvalue weighted by Gasteiger charge is -2.13. The van der Waals surface area contributed by atoms with E-state index in [1.165, 1.54) is 6.42 Å². The Balaban J connectivity index is 1.24. The second-order valence-corrected chi connectivity index (χ2v) is 6.56. The van der Waals surface area contributed by atoms with Crippen molar-refractivity contribution in [1.29, 1.82) is 0 Å². The first-order valence-electron chi connectivity index (χ1n) is 8.50. The lowest BCUT2D eigenvalue weighted by atomic mass is 10.0. The number of aromatic nitrogens is 1. The van der Waals surface area contributed by atoms with Crippen LogP contribution in [0.4, 0.5) is 0 Å². The first-order valence-corrected chi connectivity index (χ1v) is 8.50. The van der Waals surface area contributed by atoms with Gasteiger partial charge >= 0.3 is 0 Å². The van der Waals surface area contributed by atoms with Gasteiger partial charge in [-0.2, -0.15) is 0 Å². The van der Waals surface area contributed by atoms with E-state index >= 15 is 0 Å². The topological polar surface area (TPSA) is 41.4 Å². The molecule has 0 bridgehead atoms. The fourth-order valence-electron chi connectivity index (χ4n) is 4.02. The Morgan fingerprint density at radius 3 is 2.83 bits per heavy atom. The van der Waals surface area contributed by atoms with Gasteiger partial charge in [0.05, 0.1) is 0 Å². The summed E-state index contributed by atoms with van der Waals surface area (Å²) in [7, 11) is 1.84. The van der Waals surface area contributed by atoms with E-state index in [-0.39, 0.29) is 0 Å². The molecule has 2 aromatic rings. The second-order valence-electron chi connectivity index (χ2n) is 6.56. The van der Waals surface area contributed by atoms with E-state index < -0.39 is 0 Å². The third-order valence-electron chi connectivity index (χ3n) is 5.26. The highest BCUT2D eigenvalue weighted by atomic mass is 15.2. The molecule has 3 unspecified atom stereocenters. The van der Waals surface area contributed by atoms with Crippen molar-refractivity contribution in [2.24, 2.45) is 16.8 Å². The third-order valence-corrected chi connectivity index (χ3v) is 5.26. The molecule has 0 spiro atoms. The van der Waals surface area contributed by atoms with Crippen LogP contribution in [0.3, 0.4) is 0 Å². The molecule has 2 aliphatic carbocycles. The van der Waals surface area contributed by atoms with Crippen LogP contribution in [-0.4, -0.2) is 30.7 Å². The number of aliphatic imine (C=N–C) groups is 1. The molecule has 0 aliphatic heterocycles. The lowest BCUT2D eigenvalue weighted by molar-refractivity contribution is 0.636. The Labute approximate surface area is 137 Å². The Kier molecular flexibility index (Phi) is 3.82. The Morgan fingerprint density at radius 1 is 1.17 bits per heavy atom. The van der Waals surface area contributed by atoms with E-state index in [0.717, 1.165) is 43.3 Å². The van der Waals surface area contributed by atoms with Crippen LogP contribution < -0.4 is 10.6 Å². The molecular weight excluding hydrogens is 284 g/mol. The van der Waals surface area contributed by atoms with Gasteiger partial charge in [0.25, 0.3) is 0 Å². The van der Waals surface area contributed by atoms with Gasteiger partial charge in [-0.1, -0.05) is 24.3 Å². The lowest BCUT2D eigenvalue weighted by Crippen LogP contribution is -2.40. The Hall–Kier alpha value is -2.23. The molecule has 4 nitrogen and oxygen atoms in total. The summed E-state index contributed by atoms with van der Waals surface area (Å²) < 4.78 is 2.17. The van der Waals surface area contributed by atoms with E-state index in [9.17, 15) is 0 Å². The smallest absolute Gasteiger partial charge is 0.191 e. The minimum absolute atomic E-state index is 0.771. The molecule has 2 aliphatic rings. The summed E-state index contributed by atoms with van der Waals surface area (Å²) in [6, 6.07) is 13.0. The van der Waals surface area contributed by atoms with E-state index in [0.29, 0.717) is 0 Å². The van der Waals surface area contributed by atoms with Crippen LogP contribution in [0.5, 0.6) is 0 Å². The molecule has 1 saturated carbocycles. The summed E-state index contributed by atoms with van der Waals surface area (Å²) in [6.45, 7) is 2.86. The van der Waals surface area contributed by atoms with Crippen molar-refractivity contribution < 1.29 is 0 Å². The van der Waals surface area contributed by atoms with Crippen molar-refractivity contribution in [2.75, 3.05) is 20.1 Å². The van der Waals surface area contributed by atoms with Crippen LogP contribution in [-0.2, 0) is 13.0 Å². The van der Waals surface area contributed by atoms with E-state index in [4.69, 9.17) is 0 Å². The normalized spacial score (nSPS) is 24.9. The van der Waals surface area contributed by atoms with Gasteiger partial charge in [-0.25, -0.2) is 0 Å². The van der Waals surface area contributed by atoms with Crippen molar-refractivity contribution in [3.63, 3.8) is 0 Å². The quantitative estimate of drug-likeness (QED) is 0.657. The van der Waals surface area contributed by atoms with Gasteiger partial charge in [-0.3, -0.25) is 4.99 Å². The number of nitrogens with zero attached hydrogens (tertiary/aromatic N) is 2. The predicted octanol–water partition coefficient (Wildman–Crippen LogP) is 2.24. The van der Waals surface area contributed by atoms with Crippen molar-refractivity contribution in [3.8, 4) is 0 Å². The summed E-state index contributed by atoms with van der Waals surface area (Å²) in [5, 5.41) is 6.89. The molecule has 1 fully saturated rings. The molecule has 1 aromatic heterocycles. The predicted molar refractivity (Wildman–Crippen MR) is 93.7 cm³/mol. The summed E-state index contributed by atoms with van der Waals surface area (Å²) in [4.78, 5) is 4.33. The molecule has 2 N–H and O–H groups in total. The van der Waals surface area contributed by atoms with E-state index in [1.807, 2.05) is 7.05 Å². The molecule has 4 rings (SSSR count). The summed E-state index contributed by atoms with van der Waals surface area (Å²) >= 11 is 0. The summed E-state index contributed by atoms with van der Waals surface area (Å²) in [5.74, 6) is 3.30. The highest BCUT2D eigenvalue weighted by Crippen LogP contribution is 2.60. The van der Waals surface area contributed by atoms with Gasteiger partial charge in [0.15, 0.2) is 5.96 Å². The van der Waals surface area contributed by atoms with Gasteiger partial charge in [-0.15, -0.1) is 0 Å². The van der Waals surface area contributed by atoms with Gasteiger partial charge in [0.2, 0.25) is 0 Å². The maximum atomic E-state index is 4.33. The average molecular weight is 308 g/mol. The monoisotopic (exact) mass is 308 g/mol. The van der Waals surface area contributed by atoms with Crippen molar-refractivity contribution in [3.05, 3.63) is 59.9 Å². The largest absolute Gasteiger partial charge is 0.356 e. The first kappa shape index (κ1) is 14.4. The van der Waals surface area contributed by atoms with Gasteiger partial charge in [-0.05, 0) is 47.4 Å². The molecule has 120 valence electrons. The number of fused-ring (bicyclic) bond motifs is 3. The number of rotatable bonds is 5. The second kappa shape index (κ2) is 6.11. The number of nitrogens with one attached hydrogen (secondary N) is 2. The fraction of sp³-hybridized carbons (Fsp3) is 0.421. The summed E-state index contributed by atoms with van der Waals surface area (Å²) in [6.07, 6.45) is 5.42. The highest BCUT2D eigenvalue weighted by Gasteiger charge is 2.54. The molecule has 1 aromatic carbocycles. The SMILES string of the molecule is CN=C(NCCn1cccc1)NCC1C2Cc3ccccc3C12. The van der Waals surface area contributed by atoms with Crippen LogP contribution in [0.1, 0.15) is 17.0 Å². The molecule has 1 heterocycles. The fourth-order valence-corrected chi connectivity index (χ4v) is 4.02. The summed E-state index contributed by atoms with van der Waals surface area (Å²) in [5.41, 5.74) is 3.15. The molecule has 0 saturated heterocycles. The van der Waals surface area contributed by atoms with Gasteiger partial charge < -0.3 is 15.2 Å². The molecular formula is C19H24N4. The highest BCUT2D eigenvalue weighted by molar-refractivity contribution is 5.79. The molecule has 0 amide bonds. The average Bonchev–Trinajstić information content (AvgIpc) is 2.96. The maximum absolute atomic E-state index is 4.33. The first-order chi connectivity index (χ1) is 11.4. The van der Waals surface area contributed by atoms with Crippen molar-refractivity contribution >= 4 is 5.96 Å². The molecule has 23 heavy (non-hydrogen) atoms. The van der Waals surface area contributed by atoms with Crippen LogP contribution >= 0.6 is 0 Å². The van der Waals surface area contributed by atoms with Crippen LogP contribution in [0.15, 0.2) is 53.8 Å². The van der Waals surface area contributed by atoms with Crippen molar-refractivity contribution in [1.82, 2.24) is 15.2 Å². The number of hydrogen-bond acceptors (Lipinski definition) is 1. The Morgan fingerprint density at radius 2 is 2.00 bits per heavy atom. The molecule has 0 radical (unpaired) electrons. The van der Waals surface area contributed by atoms with Crippen LogP contribution in [0, 0.1) is 11.8 Å². The third kappa shape index (κ3) is 2.85. The number of guanidine groups is 1. The molecule has 4 heteroatoms. The zero-order chi connectivity index (χ0) is 15.6. The van der Waals surface area contributed by atoms with E-state index in [1.54, 1.807) is 11.1 Å². The van der Waals surface area contributed by atoms with Gasteiger partial charge in [0, 0.05) is 39.1 Å².